The Morgan fingerprint density at radius 2 is 1.89 bits per heavy atom. The van der Waals surface area contributed by atoms with Crippen molar-refractivity contribution in [3.63, 3.8) is 0 Å². The maximum atomic E-state index is 11.7. The Balaban J connectivity index is 2.84. The van der Waals surface area contributed by atoms with Crippen molar-refractivity contribution >= 4 is 58.0 Å². The Hall–Kier alpha value is -0.350. The standard InChI is InChI=1S/C12H14Cl4N2O/c1-7(2)10(19)18-11(12(14,15)16)17-9-5-3-4-8(13)6-9/h3-7,11,17H,1-2H3,(H,18,19)/t11-/m0/s1. The summed E-state index contributed by atoms with van der Waals surface area (Å²) in [7, 11) is 0. The third-order valence-electron chi connectivity index (χ3n) is 2.27. The van der Waals surface area contributed by atoms with Gasteiger partial charge in [-0.1, -0.05) is 66.3 Å². The van der Waals surface area contributed by atoms with E-state index in [9.17, 15) is 4.79 Å². The van der Waals surface area contributed by atoms with E-state index in [4.69, 9.17) is 46.4 Å². The molecule has 0 unspecified atom stereocenters. The summed E-state index contributed by atoms with van der Waals surface area (Å²) >= 11 is 23.4. The molecule has 0 fully saturated rings. The number of anilines is 1. The second-order valence-corrected chi connectivity index (χ2v) is 7.10. The van der Waals surface area contributed by atoms with Gasteiger partial charge in [0.1, 0.15) is 6.17 Å². The summed E-state index contributed by atoms with van der Waals surface area (Å²) in [5.74, 6) is -0.429. The van der Waals surface area contributed by atoms with Crippen molar-refractivity contribution in [3.8, 4) is 0 Å². The van der Waals surface area contributed by atoms with Crippen LogP contribution in [-0.2, 0) is 4.79 Å². The lowest BCUT2D eigenvalue weighted by Crippen LogP contribution is -2.50. The topological polar surface area (TPSA) is 41.1 Å². The summed E-state index contributed by atoms with van der Waals surface area (Å²) in [6.07, 6.45) is -0.856. The molecule has 106 valence electrons. The van der Waals surface area contributed by atoms with E-state index in [1.54, 1.807) is 38.1 Å². The van der Waals surface area contributed by atoms with Crippen molar-refractivity contribution < 1.29 is 4.79 Å². The molecule has 1 amide bonds. The number of carbonyl (C=O) groups excluding carboxylic acids is 1. The number of hydrogen-bond acceptors (Lipinski definition) is 2. The number of rotatable bonds is 4. The molecule has 7 heteroatoms. The molecule has 0 bridgehead atoms. The molecule has 19 heavy (non-hydrogen) atoms. The van der Waals surface area contributed by atoms with E-state index < -0.39 is 9.96 Å². The zero-order valence-electron chi connectivity index (χ0n) is 10.4. The number of halogens is 4. The largest absolute Gasteiger partial charge is 0.362 e. The van der Waals surface area contributed by atoms with Crippen molar-refractivity contribution in [2.45, 2.75) is 23.8 Å². The number of amides is 1. The van der Waals surface area contributed by atoms with Gasteiger partial charge in [-0.25, -0.2) is 0 Å². The van der Waals surface area contributed by atoms with Gasteiger partial charge in [0.15, 0.2) is 0 Å². The highest BCUT2D eigenvalue weighted by molar-refractivity contribution is 6.68. The molecule has 0 saturated carbocycles. The highest BCUT2D eigenvalue weighted by Gasteiger charge is 2.34. The molecule has 0 spiro atoms. The third kappa shape index (κ3) is 5.65. The Labute approximate surface area is 132 Å². The van der Waals surface area contributed by atoms with Crippen molar-refractivity contribution in [1.82, 2.24) is 5.32 Å². The van der Waals surface area contributed by atoms with Crippen LogP contribution in [0.4, 0.5) is 5.69 Å². The SMILES string of the molecule is CC(C)C(=O)N[C@H](Nc1cccc(Cl)c1)C(Cl)(Cl)Cl. The Kier molecular flexibility index (Phi) is 6.06. The minimum absolute atomic E-state index is 0.212. The van der Waals surface area contributed by atoms with Gasteiger partial charge in [0, 0.05) is 16.6 Å². The lowest BCUT2D eigenvalue weighted by molar-refractivity contribution is -0.124. The summed E-state index contributed by atoms with van der Waals surface area (Å²) < 4.78 is -1.69. The molecular weight excluding hydrogens is 330 g/mol. The van der Waals surface area contributed by atoms with Crippen LogP contribution in [-0.4, -0.2) is 15.9 Å². The van der Waals surface area contributed by atoms with E-state index in [0.717, 1.165) is 0 Å². The monoisotopic (exact) mass is 342 g/mol. The quantitative estimate of drug-likeness (QED) is 0.634. The first-order valence-electron chi connectivity index (χ1n) is 5.59. The molecule has 0 aliphatic rings. The van der Waals surface area contributed by atoms with Crippen LogP contribution in [0.2, 0.25) is 5.02 Å². The highest BCUT2D eigenvalue weighted by Crippen LogP contribution is 2.31. The van der Waals surface area contributed by atoms with Crippen LogP contribution >= 0.6 is 46.4 Å². The van der Waals surface area contributed by atoms with Crippen LogP contribution in [0.1, 0.15) is 13.8 Å². The van der Waals surface area contributed by atoms with Gasteiger partial charge in [0.05, 0.1) is 0 Å². The van der Waals surface area contributed by atoms with Gasteiger partial charge in [-0.05, 0) is 18.2 Å². The first kappa shape index (κ1) is 16.7. The van der Waals surface area contributed by atoms with E-state index in [1.165, 1.54) is 0 Å². The molecular formula is C12H14Cl4N2O. The maximum Gasteiger partial charge on any atom is 0.228 e. The number of alkyl halides is 3. The third-order valence-corrected chi connectivity index (χ3v) is 3.16. The zero-order chi connectivity index (χ0) is 14.6. The van der Waals surface area contributed by atoms with Crippen molar-refractivity contribution in [3.05, 3.63) is 29.3 Å². The predicted molar refractivity (Wildman–Crippen MR) is 82.1 cm³/mol. The average molecular weight is 344 g/mol. The van der Waals surface area contributed by atoms with E-state index in [1.807, 2.05) is 0 Å². The Morgan fingerprint density at radius 1 is 1.26 bits per heavy atom. The first-order valence-corrected chi connectivity index (χ1v) is 7.10. The number of benzene rings is 1. The van der Waals surface area contributed by atoms with Crippen LogP contribution in [0.3, 0.4) is 0 Å². The number of carbonyl (C=O) groups is 1. The molecule has 0 aliphatic carbocycles. The summed E-state index contributed by atoms with van der Waals surface area (Å²) in [6.45, 7) is 3.51. The fourth-order valence-corrected chi connectivity index (χ4v) is 1.77. The first-order chi connectivity index (χ1) is 8.70. The minimum Gasteiger partial charge on any atom is -0.362 e. The van der Waals surface area contributed by atoms with Crippen molar-refractivity contribution in [2.24, 2.45) is 5.92 Å². The predicted octanol–water partition coefficient (Wildman–Crippen LogP) is 4.22. The summed E-state index contributed by atoms with van der Waals surface area (Å²) in [5.41, 5.74) is 0.646. The molecule has 1 atom stereocenters. The smallest absolute Gasteiger partial charge is 0.228 e. The highest BCUT2D eigenvalue weighted by atomic mass is 35.6. The van der Waals surface area contributed by atoms with Crippen molar-refractivity contribution in [1.29, 1.82) is 0 Å². The van der Waals surface area contributed by atoms with E-state index in [-0.39, 0.29) is 11.8 Å². The second kappa shape index (κ2) is 6.89. The number of hydrogen-bond donors (Lipinski definition) is 2. The molecule has 3 nitrogen and oxygen atoms in total. The van der Waals surface area contributed by atoms with Crippen LogP contribution in [0.5, 0.6) is 0 Å². The van der Waals surface area contributed by atoms with Crippen LogP contribution in [0.25, 0.3) is 0 Å². The van der Waals surface area contributed by atoms with Gasteiger partial charge in [0.25, 0.3) is 0 Å². The summed E-state index contributed by atoms with van der Waals surface area (Å²) in [6, 6.07) is 6.91. The molecule has 1 rings (SSSR count). The summed E-state index contributed by atoms with van der Waals surface area (Å²) in [5, 5.41) is 6.11. The zero-order valence-corrected chi connectivity index (χ0v) is 13.4. The van der Waals surface area contributed by atoms with Gasteiger partial charge in [0.2, 0.25) is 9.70 Å². The van der Waals surface area contributed by atoms with Gasteiger partial charge < -0.3 is 10.6 Å². The Morgan fingerprint density at radius 3 is 2.37 bits per heavy atom. The molecule has 2 N–H and O–H groups in total. The fourth-order valence-electron chi connectivity index (χ4n) is 1.25. The lowest BCUT2D eigenvalue weighted by atomic mass is 10.2. The average Bonchev–Trinajstić information content (AvgIpc) is 2.26. The molecule has 0 heterocycles. The molecule has 0 saturated heterocycles. The molecule has 1 aromatic rings. The van der Waals surface area contributed by atoms with E-state index >= 15 is 0 Å². The number of nitrogens with one attached hydrogen (secondary N) is 2. The molecule has 0 aliphatic heterocycles. The van der Waals surface area contributed by atoms with Crippen LogP contribution in [0.15, 0.2) is 24.3 Å². The van der Waals surface area contributed by atoms with Crippen LogP contribution < -0.4 is 10.6 Å². The van der Waals surface area contributed by atoms with Crippen LogP contribution in [0, 0.1) is 5.92 Å². The van der Waals surface area contributed by atoms with Crippen molar-refractivity contribution in [2.75, 3.05) is 5.32 Å². The fraction of sp³-hybridized carbons (Fsp3) is 0.417. The minimum atomic E-state index is -1.69. The second-order valence-electron chi connectivity index (χ2n) is 4.29. The summed E-state index contributed by atoms with van der Waals surface area (Å²) in [4.78, 5) is 11.7. The lowest BCUT2D eigenvalue weighted by Gasteiger charge is -2.28. The molecule has 0 aromatic heterocycles. The molecule has 1 aromatic carbocycles. The van der Waals surface area contributed by atoms with Gasteiger partial charge >= 0.3 is 0 Å². The van der Waals surface area contributed by atoms with Gasteiger partial charge in [-0.2, -0.15) is 0 Å². The Bertz CT molecular complexity index is 446. The molecule has 0 radical (unpaired) electrons. The maximum absolute atomic E-state index is 11.7. The van der Waals surface area contributed by atoms with Gasteiger partial charge in [-0.3, -0.25) is 4.79 Å². The van der Waals surface area contributed by atoms with E-state index in [2.05, 4.69) is 10.6 Å². The normalized spacial score (nSPS) is 13.2. The van der Waals surface area contributed by atoms with E-state index in [0.29, 0.717) is 10.7 Å². The van der Waals surface area contributed by atoms with Gasteiger partial charge in [-0.15, -0.1) is 0 Å².